The quantitative estimate of drug-likeness (QED) is 0.379. The van der Waals surface area contributed by atoms with Gasteiger partial charge in [-0.05, 0) is 49.2 Å². The van der Waals surface area contributed by atoms with Gasteiger partial charge in [0.15, 0.2) is 0 Å². The standard InChI is InChI=1S/C19H20N2O4S.C2H6/c1-2-24-16-9-10-18-17(12-16)14(8-11-19(22)23)13-21(18)25-26-20-15-6-4-3-5-7-15;1-2/h3-7,9-10,12-13,20H,2,8,11H2,1H3,(H,22,23);1-2H3. The number of carboxylic acids is 1. The zero-order chi connectivity index (χ0) is 20.4. The minimum Gasteiger partial charge on any atom is -0.494 e. The molecule has 28 heavy (non-hydrogen) atoms. The number of rotatable bonds is 9. The molecule has 1 heterocycles. The minimum atomic E-state index is -0.826. The maximum Gasteiger partial charge on any atom is 0.303 e. The van der Waals surface area contributed by atoms with Crippen LogP contribution in [0.15, 0.2) is 54.7 Å². The highest BCUT2D eigenvalue weighted by atomic mass is 32.2. The molecule has 1 aromatic heterocycles. The third-order valence-corrected chi connectivity index (χ3v) is 4.35. The Hall–Kier alpha value is -2.80. The predicted molar refractivity (Wildman–Crippen MR) is 115 cm³/mol. The second kappa shape index (κ2) is 11.1. The fraction of sp³-hybridized carbons (Fsp3) is 0.286. The van der Waals surface area contributed by atoms with E-state index in [9.17, 15) is 4.79 Å². The Morgan fingerprint density at radius 2 is 1.93 bits per heavy atom. The van der Waals surface area contributed by atoms with Crippen molar-refractivity contribution in [2.75, 3.05) is 11.3 Å². The summed E-state index contributed by atoms with van der Waals surface area (Å²) in [5, 5.41) is 9.91. The van der Waals surface area contributed by atoms with Gasteiger partial charge in [-0.15, -0.1) is 0 Å². The van der Waals surface area contributed by atoms with E-state index in [1.807, 2.05) is 75.5 Å². The number of carboxylic acid groups (broad SMARTS) is 1. The topological polar surface area (TPSA) is 72.7 Å². The Bertz CT molecular complexity index is 881. The van der Waals surface area contributed by atoms with Gasteiger partial charge in [0, 0.05) is 23.7 Å². The van der Waals surface area contributed by atoms with Crippen molar-refractivity contribution in [2.24, 2.45) is 0 Å². The van der Waals surface area contributed by atoms with Gasteiger partial charge in [-0.2, -0.15) is 4.73 Å². The second-order valence-corrected chi connectivity index (χ2v) is 6.13. The third-order valence-electron chi connectivity index (χ3n) is 3.79. The fourth-order valence-corrected chi connectivity index (χ4v) is 3.09. The number of fused-ring (bicyclic) bond motifs is 1. The average Bonchev–Trinajstić information content (AvgIpc) is 3.06. The highest BCUT2D eigenvalue weighted by molar-refractivity contribution is 7.96. The molecule has 0 saturated carbocycles. The molecule has 0 bridgehead atoms. The van der Waals surface area contributed by atoms with Crippen LogP contribution in [0.2, 0.25) is 0 Å². The monoisotopic (exact) mass is 402 g/mol. The molecule has 0 aliphatic heterocycles. The maximum absolute atomic E-state index is 10.9. The van der Waals surface area contributed by atoms with Crippen molar-refractivity contribution >= 4 is 34.8 Å². The number of ether oxygens (including phenoxy) is 1. The van der Waals surface area contributed by atoms with Crippen LogP contribution in [-0.2, 0) is 11.2 Å². The number of nitrogens with zero attached hydrogens (tertiary/aromatic N) is 1. The smallest absolute Gasteiger partial charge is 0.303 e. The van der Waals surface area contributed by atoms with E-state index in [1.54, 1.807) is 4.73 Å². The Balaban J connectivity index is 0.00000136. The summed E-state index contributed by atoms with van der Waals surface area (Å²) in [6.45, 7) is 6.50. The van der Waals surface area contributed by atoms with E-state index in [4.69, 9.17) is 14.1 Å². The van der Waals surface area contributed by atoms with Gasteiger partial charge in [0.05, 0.1) is 12.1 Å². The lowest BCUT2D eigenvalue weighted by Gasteiger charge is -2.08. The molecule has 0 saturated heterocycles. The summed E-state index contributed by atoms with van der Waals surface area (Å²) in [6.07, 6.45) is 2.31. The van der Waals surface area contributed by atoms with E-state index in [1.165, 1.54) is 0 Å². The number of para-hydroxylation sites is 1. The van der Waals surface area contributed by atoms with Crippen LogP contribution in [0, 0.1) is 0 Å². The van der Waals surface area contributed by atoms with E-state index < -0.39 is 5.97 Å². The van der Waals surface area contributed by atoms with Crippen LogP contribution in [0.25, 0.3) is 10.9 Å². The first-order valence-corrected chi connectivity index (χ1v) is 10.0. The molecule has 0 spiro atoms. The van der Waals surface area contributed by atoms with Crippen LogP contribution in [0.1, 0.15) is 32.8 Å². The van der Waals surface area contributed by atoms with Gasteiger partial charge in [0.2, 0.25) is 12.2 Å². The lowest BCUT2D eigenvalue weighted by atomic mass is 10.1. The number of benzene rings is 2. The number of nitrogens with one attached hydrogen (secondary N) is 1. The van der Waals surface area contributed by atoms with Crippen LogP contribution in [-0.4, -0.2) is 22.4 Å². The number of anilines is 1. The van der Waals surface area contributed by atoms with E-state index in [-0.39, 0.29) is 6.42 Å². The molecule has 3 aromatic rings. The molecular formula is C21H26N2O4S. The van der Waals surface area contributed by atoms with E-state index in [2.05, 4.69) is 4.72 Å². The van der Waals surface area contributed by atoms with Crippen LogP contribution in [0.4, 0.5) is 5.69 Å². The molecule has 0 unspecified atom stereocenters. The first-order valence-electron chi connectivity index (χ1n) is 9.31. The summed E-state index contributed by atoms with van der Waals surface area (Å²) in [7, 11) is 0. The van der Waals surface area contributed by atoms with Gasteiger partial charge in [-0.3, -0.25) is 9.52 Å². The number of hydrogen-bond acceptors (Lipinski definition) is 5. The predicted octanol–water partition coefficient (Wildman–Crippen LogP) is 5.19. The van der Waals surface area contributed by atoms with E-state index >= 15 is 0 Å². The molecule has 6 nitrogen and oxygen atoms in total. The number of carbonyl (C=O) groups is 1. The number of aromatic nitrogens is 1. The van der Waals surface area contributed by atoms with Crippen molar-refractivity contribution in [3.8, 4) is 5.75 Å². The van der Waals surface area contributed by atoms with Gasteiger partial charge in [-0.1, -0.05) is 32.0 Å². The van der Waals surface area contributed by atoms with Crippen molar-refractivity contribution < 1.29 is 18.9 Å². The molecular weight excluding hydrogens is 376 g/mol. The maximum atomic E-state index is 10.9. The zero-order valence-corrected chi connectivity index (χ0v) is 17.2. The van der Waals surface area contributed by atoms with Gasteiger partial charge in [0.25, 0.3) is 0 Å². The van der Waals surface area contributed by atoms with Crippen LogP contribution >= 0.6 is 12.2 Å². The van der Waals surface area contributed by atoms with Crippen LogP contribution < -0.4 is 13.7 Å². The second-order valence-electron chi connectivity index (χ2n) is 5.61. The first-order chi connectivity index (χ1) is 13.7. The summed E-state index contributed by atoms with van der Waals surface area (Å²) in [5.74, 6) is -0.0720. The minimum absolute atomic E-state index is 0.0629. The molecule has 0 amide bonds. The first kappa shape index (κ1) is 21.5. The lowest BCUT2D eigenvalue weighted by molar-refractivity contribution is -0.136. The average molecular weight is 403 g/mol. The molecule has 2 aromatic carbocycles. The van der Waals surface area contributed by atoms with Gasteiger partial charge >= 0.3 is 5.97 Å². The van der Waals surface area contributed by atoms with Gasteiger partial charge in [0.1, 0.15) is 5.75 Å². The molecule has 0 aliphatic carbocycles. The number of aryl methyl sites for hydroxylation is 1. The van der Waals surface area contributed by atoms with Crippen molar-refractivity contribution in [3.63, 3.8) is 0 Å². The Kier molecular flexibility index (Phi) is 8.55. The molecule has 7 heteroatoms. The summed E-state index contributed by atoms with van der Waals surface area (Å²) >= 11 is 1.09. The highest BCUT2D eigenvalue weighted by Gasteiger charge is 2.12. The van der Waals surface area contributed by atoms with Crippen LogP contribution in [0.3, 0.4) is 0 Å². The normalized spacial score (nSPS) is 10.1. The van der Waals surface area contributed by atoms with Crippen molar-refractivity contribution in [3.05, 3.63) is 60.3 Å². The van der Waals surface area contributed by atoms with Crippen molar-refractivity contribution in [1.29, 1.82) is 0 Å². The number of aliphatic carboxylic acids is 1. The van der Waals surface area contributed by atoms with Gasteiger partial charge < -0.3 is 14.1 Å². The molecule has 3 rings (SSSR count). The fourth-order valence-electron chi connectivity index (χ4n) is 2.62. The molecule has 150 valence electrons. The molecule has 0 radical (unpaired) electrons. The molecule has 2 N–H and O–H groups in total. The summed E-state index contributed by atoms with van der Waals surface area (Å²) < 4.78 is 16.0. The largest absolute Gasteiger partial charge is 0.494 e. The van der Waals surface area contributed by atoms with Gasteiger partial charge in [-0.25, -0.2) is 0 Å². The Morgan fingerprint density at radius 3 is 2.61 bits per heavy atom. The Morgan fingerprint density at radius 1 is 1.18 bits per heavy atom. The highest BCUT2D eigenvalue weighted by Crippen LogP contribution is 2.27. The molecule has 0 atom stereocenters. The Labute approximate surface area is 169 Å². The molecule has 0 aliphatic rings. The number of hydrogen-bond donors (Lipinski definition) is 2. The van der Waals surface area contributed by atoms with E-state index in [0.29, 0.717) is 13.0 Å². The van der Waals surface area contributed by atoms with Crippen molar-refractivity contribution in [2.45, 2.75) is 33.6 Å². The molecule has 0 fully saturated rings. The van der Waals surface area contributed by atoms with E-state index in [0.717, 1.165) is 40.1 Å². The van der Waals surface area contributed by atoms with Crippen LogP contribution in [0.5, 0.6) is 5.75 Å². The third kappa shape index (κ3) is 5.85. The lowest BCUT2D eigenvalue weighted by Crippen LogP contribution is -2.05. The summed E-state index contributed by atoms with van der Waals surface area (Å²) in [6, 6.07) is 15.4. The summed E-state index contributed by atoms with van der Waals surface area (Å²) in [5.41, 5.74) is 2.69. The zero-order valence-electron chi connectivity index (χ0n) is 16.3. The summed E-state index contributed by atoms with van der Waals surface area (Å²) in [4.78, 5) is 10.9. The van der Waals surface area contributed by atoms with Crippen molar-refractivity contribution in [1.82, 2.24) is 4.73 Å². The SMILES string of the molecule is CC.CCOc1ccc2c(c1)c(CCC(=O)O)cn2OSNc1ccccc1.